The molecule has 4 rings (SSSR count). The van der Waals surface area contributed by atoms with Crippen molar-refractivity contribution in [2.24, 2.45) is 0 Å². The molecule has 0 aliphatic heterocycles. The van der Waals surface area contributed by atoms with Gasteiger partial charge in [-0.2, -0.15) is 0 Å². The zero-order valence-corrected chi connectivity index (χ0v) is 18.3. The van der Waals surface area contributed by atoms with E-state index in [-0.39, 0.29) is 16.2 Å². The Morgan fingerprint density at radius 1 is 1.03 bits per heavy atom. The maximum absolute atomic E-state index is 12.3. The van der Waals surface area contributed by atoms with Gasteiger partial charge in [0, 0.05) is 28.3 Å². The molecule has 0 unspecified atom stereocenters. The number of hydrogen-bond donors (Lipinski definition) is 4. The normalized spacial score (nSPS) is 11.8. The molecular formula is C21H20N6O4S. The van der Waals surface area contributed by atoms with Crippen molar-refractivity contribution in [3.8, 4) is 0 Å². The van der Waals surface area contributed by atoms with Gasteiger partial charge < -0.3 is 9.73 Å². The molecule has 0 bridgehead atoms. The third kappa shape index (κ3) is 4.67. The summed E-state index contributed by atoms with van der Waals surface area (Å²) in [5.74, 6) is 1.28. The number of benzene rings is 1. The Balaban J connectivity index is 1.41. The van der Waals surface area contributed by atoms with Crippen LogP contribution in [0.15, 0.2) is 44.6 Å². The summed E-state index contributed by atoms with van der Waals surface area (Å²) in [5.41, 5.74) is -0.636. The molecule has 32 heavy (non-hydrogen) atoms. The Morgan fingerprint density at radius 3 is 2.50 bits per heavy atom. The molecule has 3 aromatic heterocycles. The van der Waals surface area contributed by atoms with E-state index in [1.54, 1.807) is 24.5 Å². The van der Waals surface area contributed by atoms with E-state index in [1.807, 2.05) is 20.8 Å². The number of hydrogen-bond acceptors (Lipinski definition) is 7. The molecular weight excluding hydrogens is 432 g/mol. The van der Waals surface area contributed by atoms with E-state index >= 15 is 0 Å². The third-order valence-corrected chi connectivity index (χ3v) is 5.33. The Bertz CT molecular complexity index is 1440. The van der Waals surface area contributed by atoms with Gasteiger partial charge in [0.2, 0.25) is 5.89 Å². The van der Waals surface area contributed by atoms with E-state index in [4.69, 9.17) is 4.42 Å². The number of rotatable bonds is 4. The quantitative estimate of drug-likeness (QED) is 0.371. The van der Waals surface area contributed by atoms with E-state index in [0.717, 1.165) is 10.6 Å². The number of thiazole rings is 1. The number of carbonyl (C=O) groups excluding carboxylic acids is 1. The number of oxazole rings is 1. The Hall–Kier alpha value is -3.99. The zero-order chi connectivity index (χ0) is 22.9. The minimum absolute atomic E-state index is 0.123. The summed E-state index contributed by atoms with van der Waals surface area (Å²) in [7, 11) is 0. The number of amides is 2. The van der Waals surface area contributed by atoms with E-state index < -0.39 is 17.1 Å². The van der Waals surface area contributed by atoms with Crippen LogP contribution in [0.1, 0.15) is 37.3 Å². The topological polar surface area (TPSA) is 146 Å². The van der Waals surface area contributed by atoms with Crippen LogP contribution in [0.3, 0.4) is 0 Å². The number of aromatic amines is 2. The first-order valence-corrected chi connectivity index (χ1v) is 10.4. The van der Waals surface area contributed by atoms with Crippen LogP contribution >= 0.6 is 11.3 Å². The van der Waals surface area contributed by atoms with Gasteiger partial charge in [-0.05, 0) is 24.3 Å². The van der Waals surface area contributed by atoms with Crippen LogP contribution in [0.5, 0.6) is 0 Å². The summed E-state index contributed by atoms with van der Waals surface area (Å²) >= 11 is 1.27. The van der Waals surface area contributed by atoms with E-state index in [9.17, 15) is 14.4 Å². The standard InChI is InChI=1S/C21H20N6O4S/c1-21(2,3)15-10-22-16(31-15)7-5-12-9-23-20(32-12)25-19(30)24-11-4-6-13-14(8-11)18(29)27-26-17(13)28/h4-10H,1-3H3,(H,26,28)(H,27,29)(H2,23,24,25,30)/b7-5+. The highest BCUT2D eigenvalue weighted by Gasteiger charge is 2.18. The molecule has 0 saturated carbocycles. The van der Waals surface area contributed by atoms with Crippen LogP contribution in [-0.4, -0.2) is 26.2 Å². The van der Waals surface area contributed by atoms with Crippen molar-refractivity contribution in [1.29, 1.82) is 0 Å². The predicted molar refractivity (Wildman–Crippen MR) is 124 cm³/mol. The fourth-order valence-corrected chi connectivity index (χ4v) is 3.52. The summed E-state index contributed by atoms with van der Waals surface area (Å²) in [5, 5.41) is 10.6. The number of anilines is 2. The monoisotopic (exact) mass is 452 g/mol. The highest BCUT2D eigenvalue weighted by molar-refractivity contribution is 7.16. The maximum atomic E-state index is 12.3. The Morgan fingerprint density at radius 2 is 1.78 bits per heavy atom. The molecule has 0 saturated heterocycles. The lowest BCUT2D eigenvalue weighted by Gasteiger charge is -2.12. The molecule has 1 aromatic carbocycles. The minimum Gasteiger partial charge on any atom is -0.441 e. The summed E-state index contributed by atoms with van der Waals surface area (Å²) < 4.78 is 5.71. The first kappa shape index (κ1) is 21.2. The largest absolute Gasteiger partial charge is 0.441 e. The third-order valence-electron chi connectivity index (χ3n) is 4.45. The number of carbonyl (C=O) groups is 1. The van der Waals surface area contributed by atoms with Crippen LogP contribution < -0.4 is 21.8 Å². The van der Waals surface area contributed by atoms with Crippen molar-refractivity contribution in [2.45, 2.75) is 26.2 Å². The van der Waals surface area contributed by atoms with Crippen molar-refractivity contribution in [1.82, 2.24) is 20.2 Å². The minimum atomic E-state index is -0.530. The number of H-pyrrole nitrogens is 2. The first-order valence-electron chi connectivity index (χ1n) is 9.62. The molecule has 4 aromatic rings. The zero-order valence-electron chi connectivity index (χ0n) is 17.5. The van der Waals surface area contributed by atoms with Crippen LogP contribution in [0, 0.1) is 0 Å². The van der Waals surface area contributed by atoms with Crippen molar-refractivity contribution in [3.05, 3.63) is 67.8 Å². The van der Waals surface area contributed by atoms with Gasteiger partial charge in [-0.25, -0.2) is 14.8 Å². The van der Waals surface area contributed by atoms with E-state index in [2.05, 4.69) is 30.8 Å². The highest BCUT2D eigenvalue weighted by Crippen LogP contribution is 2.24. The van der Waals surface area contributed by atoms with E-state index in [1.165, 1.54) is 29.5 Å². The SMILES string of the molecule is CC(C)(C)c1cnc(/C=C/c2cnc(NC(=O)Nc3ccc4c(=O)[nH][nH]c(=O)c4c3)s2)o1. The maximum Gasteiger partial charge on any atom is 0.325 e. The van der Waals surface area contributed by atoms with Gasteiger partial charge >= 0.3 is 6.03 Å². The van der Waals surface area contributed by atoms with Crippen LogP contribution in [0.25, 0.3) is 22.9 Å². The predicted octanol–water partition coefficient (Wildman–Crippen LogP) is 3.77. The van der Waals surface area contributed by atoms with Gasteiger partial charge in [-0.15, -0.1) is 0 Å². The second-order valence-electron chi connectivity index (χ2n) is 7.96. The Kier molecular flexibility index (Phi) is 5.49. The lowest BCUT2D eigenvalue weighted by Crippen LogP contribution is -2.21. The van der Waals surface area contributed by atoms with Gasteiger partial charge in [-0.1, -0.05) is 32.1 Å². The van der Waals surface area contributed by atoms with Gasteiger partial charge in [0.1, 0.15) is 5.76 Å². The molecule has 4 N–H and O–H groups in total. The number of aromatic nitrogens is 4. The lowest BCUT2D eigenvalue weighted by molar-refractivity contribution is 0.262. The number of urea groups is 1. The molecule has 3 heterocycles. The van der Waals surface area contributed by atoms with Crippen molar-refractivity contribution < 1.29 is 9.21 Å². The lowest BCUT2D eigenvalue weighted by atomic mass is 9.94. The second-order valence-corrected chi connectivity index (χ2v) is 9.02. The van der Waals surface area contributed by atoms with Crippen LogP contribution in [0.4, 0.5) is 15.6 Å². The molecule has 0 spiro atoms. The molecule has 2 amide bonds. The molecule has 0 radical (unpaired) electrons. The van der Waals surface area contributed by atoms with Crippen molar-refractivity contribution >= 4 is 51.1 Å². The average Bonchev–Trinajstić information content (AvgIpc) is 3.38. The van der Waals surface area contributed by atoms with Crippen LogP contribution in [-0.2, 0) is 5.41 Å². The van der Waals surface area contributed by atoms with Crippen LogP contribution in [0.2, 0.25) is 0 Å². The number of nitrogens with zero attached hydrogens (tertiary/aromatic N) is 2. The summed E-state index contributed by atoms with van der Waals surface area (Å²) in [6, 6.07) is 3.91. The summed E-state index contributed by atoms with van der Waals surface area (Å²) in [6.45, 7) is 6.13. The first-order chi connectivity index (χ1) is 15.2. The van der Waals surface area contributed by atoms with Gasteiger partial charge in [0.25, 0.3) is 11.1 Å². The van der Waals surface area contributed by atoms with E-state index in [0.29, 0.717) is 16.7 Å². The van der Waals surface area contributed by atoms with Crippen molar-refractivity contribution in [2.75, 3.05) is 10.6 Å². The van der Waals surface area contributed by atoms with Gasteiger partial charge in [0.05, 0.1) is 17.0 Å². The number of nitrogens with one attached hydrogen (secondary N) is 4. The molecule has 0 fully saturated rings. The number of fused-ring (bicyclic) bond motifs is 1. The molecule has 0 atom stereocenters. The second kappa shape index (κ2) is 8.27. The average molecular weight is 452 g/mol. The van der Waals surface area contributed by atoms with Gasteiger partial charge in [0.15, 0.2) is 5.13 Å². The fraction of sp³-hybridized carbons (Fsp3) is 0.190. The molecule has 0 aliphatic carbocycles. The molecule has 11 heteroatoms. The van der Waals surface area contributed by atoms with Crippen molar-refractivity contribution in [3.63, 3.8) is 0 Å². The Labute approximate surface area is 185 Å². The summed E-state index contributed by atoms with van der Waals surface area (Å²) in [4.78, 5) is 45.2. The molecule has 10 nitrogen and oxygen atoms in total. The molecule has 164 valence electrons. The fourth-order valence-electron chi connectivity index (χ4n) is 2.80. The highest BCUT2D eigenvalue weighted by atomic mass is 32.1. The summed E-state index contributed by atoms with van der Waals surface area (Å²) in [6.07, 6.45) is 6.86. The van der Waals surface area contributed by atoms with Gasteiger partial charge in [-0.3, -0.25) is 25.1 Å². The molecule has 0 aliphatic rings. The smallest absolute Gasteiger partial charge is 0.325 e.